The van der Waals surface area contributed by atoms with Gasteiger partial charge in [0.1, 0.15) is 0 Å². The maximum absolute atomic E-state index is 5.82. The molecule has 0 aliphatic heterocycles. The maximum atomic E-state index is 5.82. The summed E-state index contributed by atoms with van der Waals surface area (Å²) in [6.07, 6.45) is 3.41. The fourth-order valence-corrected chi connectivity index (χ4v) is 1.29. The van der Waals surface area contributed by atoms with E-state index in [0.717, 1.165) is 16.5 Å². The molecule has 2 aromatic heterocycles. The molecule has 3 nitrogen and oxygen atoms in total. The highest BCUT2D eigenvalue weighted by molar-refractivity contribution is 6.34. The molecule has 0 atom stereocenters. The minimum Gasteiger partial charge on any atom is -0.264 e. The van der Waals surface area contributed by atoms with Crippen molar-refractivity contribution in [2.45, 2.75) is 6.92 Å². The zero-order valence-corrected chi connectivity index (χ0v) is 7.21. The van der Waals surface area contributed by atoms with Crippen LogP contribution < -0.4 is 0 Å². The fourth-order valence-electron chi connectivity index (χ4n) is 1.10. The van der Waals surface area contributed by atoms with Crippen LogP contribution in [0.4, 0.5) is 0 Å². The molecule has 0 saturated carbocycles. The number of hydrogen-bond donors (Lipinski definition) is 0. The molecule has 0 aliphatic carbocycles. The molecule has 0 aliphatic rings. The Morgan fingerprint density at radius 2 is 2.08 bits per heavy atom. The van der Waals surface area contributed by atoms with E-state index in [1.54, 1.807) is 12.4 Å². The zero-order valence-electron chi connectivity index (χ0n) is 6.45. The summed E-state index contributed by atoms with van der Waals surface area (Å²) in [6.45, 7) is 1.89. The van der Waals surface area contributed by atoms with Crippen LogP contribution in [-0.4, -0.2) is 15.2 Å². The minimum absolute atomic E-state index is 0.406. The molecule has 60 valence electrons. The molecule has 0 N–H and O–H groups in total. The molecule has 0 saturated heterocycles. The number of halogens is 1. The van der Waals surface area contributed by atoms with E-state index in [1.165, 1.54) is 0 Å². The Labute approximate surface area is 74.4 Å². The van der Waals surface area contributed by atoms with Crippen molar-refractivity contribution in [3.05, 3.63) is 29.3 Å². The lowest BCUT2D eigenvalue weighted by molar-refractivity contribution is 1.00. The molecule has 0 unspecified atom stereocenters. The van der Waals surface area contributed by atoms with Crippen LogP contribution in [-0.2, 0) is 0 Å². The van der Waals surface area contributed by atoms with Crippen molar-refractivity contribution >= 4 is 22.4 Å². The zero-order chi connectivity index (χ0) is 8.55. The van der Waals surface area contributed by atoms with E-state index < -0.39 is 0 Å². The predicted molar refractivity (Wildman–Crippen MR) is 47.1 cm³/mol. The summed E-state index contributed by atoms with van der Waals surface area (Å²) in [5.74, 6) is 0. The molecule has 0 fully saturated rings. The second-order valence-electron chi connectivity index (χ2n) is 2.50. The van der Waals surface area contributed by atoms with E-state index in [1.807, 2.05) is 13.0 Å². The van der Waals surface area contributed by atoms with E-state index in [0.29, 0.717) is 5.15 Å². The van der Waals surface area contributed by atoms with Crippen LogP contribution in [0.3, 0.4) is 0 Å². The van der Waals surface area contributed by atoms with Gasteiger partial charge in [0.05, 0.1) is 5.69 Å². The highest BCUT2D eigenvalue weighted by Crippen LogP contribution is 2.20. The third-order valence-corrected chi connectivity index (χ3v) is 2.00. The summed E-state index contributed by atoms with van der Waals surface area (Å²) in [4.78, 5) is 3.96. The Kier molecular flexibility index (Phi) is 1.66. The Morgan fingerprint density at radius 3 is 2.83 bits per heavy atom. The normalized spacial score (nSPS) is 10.5. The van der Waals surface area contributed by atoms with E-state index in [2.05, 4.69) is 15.2 Å². The van der Waals surface area contributed by atoms with Gasteiger partial charge in [-0.3, -0.25) is 4.98 Å². The molecular weight excluding hydrogens is 174 g/mol. The molecular formula is C8H6ClN3. The SMILES string of the molecule is Cc1nnc(Cl)c2cnccc12. The van der Waals surface area contributed by atoms with Crippen molar-refractivity contribution in [3.63, 3.8) is 0 Å². The molecule has 2 aromatic rings. The second-order valence-corrected chi connectivity index (χ2v) is 2.86. The van der Waals surface area contributed by atoms with Gasteiger partial charge in [-0.05, 0) is 13.0 Å². The van der Waals surface area contributed by atoms with Crippen LogP contribution in [0.2, 0.25) is 5.15 Å². The van der Waals surface area contributed by atoms with Crippen LogP contribution in [0.5, 0.6) is 0 Å². The van der Waals surface area contributed by atoms with Gasteiger partial charge >= 0.3 is 0 Å². The molecule has 12 heavy (non-hydrogen) atoms. The van der Waals surface area contributed by atoms with Crippen molar-refractivity contribution in [1.29, 1.82) is 0 Å². The average molecular weight is 180 g/mol. The maximum Gasteiger partial charge on any atom is 0.161 e. The monoisotopic (exact) mass is 179 g/mol. The van der Waals surface area contributed by atoms with Crippen LogP contribution in [0.15, 0.2) is 18.5 Å². The van der Waals surface area contributed by atoms with E-state index in [9.17, 15) is 0 Å². The van der Waals surface area contributed by atoms with Crippen LogP contribution in [0.1, 0.15) is 5.69 Å². The van der Waals surface area contributed by atoms with Gasteiger partial charge in [-0.25, -0.2) is 0 Å². The molecule has 0 aromatic carbocycles. The topological polar surface area (TPSA) is 38.7 Å². The molecule has 0 spiro atoms. The van der Waals surface area contributed by atoms with Gasteiger partial charge in [0.15, 0.2) is 5.15 Å². The summed E-state index contributed by atoms with van der Waals surface area (Å²) in [5.41, 5.74) is 0.872. The predicted octanol–water partition coefficient (Wildman–Crippen LogP) is 1.99. The first-order valence-corrected chi connectivity index (χ1v) is 3.89. The lowest BCUT2D eigenvalue weighted by Gasteiger charge is -1.99. The van der Waals surface area contributed by atoms with Crippen molar-refractivity contribution in [2.75, 3.05) is 0 Å². The van der Waals surface area contributed by atoms with Crippen molar-refractivity contribution in [2.24, 2.45) is 0 Å². The second kappa shape index (κ2) is 2.68. The van der Waals surface area contributed by atoms with E-state index >= 15 is 0 Å². The van der Waals surface area contributed by atoms with Crippen molar-refractivity contribution < 1.29 is 0 Å². The molecule has 2 heterocycles. The largest absolute Gasteiger partial charge is 0.264 e. The molecule has 0 radical (unpaired) electrons. The van der Waals surface area contributed by atoms with Gasteiger partial charge < -0.3 is 0 Å². The van der Waals surface area contributed by atoms with E-state index in [-0.39, 0.29) is 0 Å². The van der Waals surface area contributed by atoms with Gasteiger partial charge in [-0.2, -0.15) is 5.10 Å². The average Bonchev–Trinajstić information content (AvgIpc) is 2.12. The van der Waals surface area contributed by atoms with Gasteiger partial charge in [-0.15, -0.1) is 5.10 Å². The first kappa shape index (κ1) is 7.43. The first-order chi connectivity index (χ1) is 5.79. The Balaban J connectivity index is 2.95. The van der Waals surface area contributed by atoms with Crippen molar-refractivity contribution in [3.8, 4) is 0 Å². The number of hydrogen-bond acceptors (Lipinski definition) is 3. The van der Waals surface area contributed by atoms with Crippen LogP contribution in [0, 0.1) is 6.92 Å². The standard InChI is InChI=1S/C8H6ClN3/c1-5-6-2-3-10-4-7(6)8(9)12-11-5/h2-4H,1H3. The number of nitrogens with zero attached hydrogens (tertiary/aromatic N) is 3. The fraction of sp³-hybridized carbons (Fsp3) is 0.125. The molecule has 0 bridgehead atoms. The quantitative estimate of drug-likeness (QED) is 0.621. The van der Waals surface area contributed by atoms with Gasteiger partial charge in [-0.1, -0.05) is 11.6 Å². The molecule has 0 amide bonds. The lowest BCUT2D eigenvalue weighted by Crippen LogP contribution is -1.90. The summed E-state index contributed by atoms with van der Waals surface area (Å²) in [5, 5.41) is 9.94. The number of pyridine rings is 1. The number of fused-ring (bicyclic) bond motifs is 1. The highest BCUT2D eigenvalue weighted by atomic mass is 35.5. The summed E-state index contributed by atoms with van der Waals surface area (Å²) < 4.78 is 0. The number of aromatic nitrogens is 3. The summed E-state index contributed by atoms with van der Waals surface area (Å²) in [6, 6.07) is 1.88. The first-order valence-electron chi connectivity index (χ1n) is 3.51. The number of rotatable bonds is 0. The molecule has 4 heteroatoms. The minimum atomic E-state index is 0.406. The highest BCUT2D eigenvalue weighted by Gasteiger charge is 2.02. The Bertz CT molecular complexity index is 387. The Hall–Kier alpha value is -1.22. The third kappa shape index (κ3) is 1.02. The molecule has 2 rings (SSSR count). The third-order valence-electron chi connectivity index (χ3n) is 1.72. The van der Waals surface area contributed by atoms with Gasteiger partial charge in [0.2, 0.25) is 0 Å². The van der Waals surface area contributed by atoms with Crippen LogP contribution in [0.25, 0.3) is 10.8 Å². The lowest BCUT2D eigenvalue weighted by atomic mass is 10.2. The van der Waals surface area contributed by atoms with Crippen molar-refractivity contribution in [1.82, 2.24) is 15.2 Å². The Morgan fingerprint density at radius 1 is 1.25 bits per heavy atom. The smallest absolute Gasteiger partial charge is 0.161 e. The van der Waals surface area contributed by atoms with Gasteiger partial charge in [0.25, 0.3) is 0 Å². The summed E-state index contributed by atoms with van der Waals surface area (Å²) >= 11 is 5.82. The summed E-state index contributed by atoms with van der Waals surface area (Å²) in [7, 11) is 0. The van der Waals surface area contributed by atoms with E-state index in [4.69, 9.17) is 11.6 Å². The number of aryl methyl sites for hydroxylation is 1. The van der Waals surface area contributed by atoms with Gasteiger partial charge in [0, 0.05) is 23.2 Å². The van der Waals surface area contributed by atoms with Crippen LogP contribution >= 0.6 is 11.6 Å².